The molecule has 0 spiro atoms. The second-order valence-corrected chi connectivity index (χ2v) is 6.77. The van der Waals surface area contributed by atoms with Crippen LogP contribution in [-0.4, -0.2) is 36.1 Å². The number of ether oxygens (including phenoxy) is 1. The first-order valence-electron chi connectivity index (χ1n) is 6.54. The van der Waals surface area contributed by atoms with Crippen LogP contribution in [0.2, 0.25) is 0 Å². The highest BCUT2D eigenvalue weighted by atomic mass is 79.9. The SMILES string of the molecule is CC(C)CNCc1cc(Br)c(OCC(O)CO)c(Br)c1. The number of rotatable bonds is 8. The molecule has 1 aromatic carbocycles. The van der Waals surface area contributed by atoms with E-state index in [4.69, 9.17) is 9.84 Å². The molecule has 0 heterocycles. The Morgan fingerprint density at radius 1 is 1.25 bits per heavy atom. The summed E-state index contributed by atoms with van der Waals surface area (Å²) < 4.78 is 7.13. The molecule has 0 bridgehead atoms. The molecule has 0 aliphatic rings. The van der Waals surface area contributed by atoms with Crippen LogP contribution in [0.3, 0.4) is 0 Å². The van der Waals surface area contributed by atoms with Gasteiger partial charge in [0.2, 0.25) is 0 Å². The molecule has 0 radical (unpaired) electrons. The third-order valence-corrected chi connectivity index (χ3v) is 3.75. The fourth-order valence-electron chi connectivity index (χ4n) is 1.59. The highest BCUT2D eigenvalue weighted by Crippen LogP contribution is 2.34. The van der Waals surface area contributed by atoms with Gasteiger partial charge in [0.05, 0.1) is 15.6 Å². The first-order valence-corrected chi connectivity index (χ1v) is 8.13. The van der Waals surface area contributed by atoms with Crippen LogP contribution < -0.4 is 10.1 Å². The Bertz CT molecular complexity index is 404. The third kappa shape index (κ3) is 6.10. The molecule has 0 aliphatic carbocycles. The second kappa shape index (κ2) is 9.00. The average molecular weight is 411 g/mol. The van der Waals surface area contributed by atoms with Gasteiger partial charge in [-0.1, -0.05) is 13.8 Å². The molecule has 0 fully saturated rings. The molecule has 114 valence electrons. The topological polar surface area (TPSA) is 61.7 Å². The highest BCUT2D eigenvalue weighted by molar-refractivity contribution is 9.11. The van der Waals surface area contributed by atoms with Gasteiger partial charge in [-0.05, 0) is 62.0 Å². The van der Waals surface area contributed by atoms with Crippen LogP contribution in [0.5, 0.6) is 5.75 Å². The molecule has 0 aromatic heterocycles. The zero-order valence-corrected chi connectivity index (χ0v) is 14.9. The summed E-state index contributed by atoms with van der Waals surface area (Å²) in [6.07, 6.45) is -0.874. The lowest BCUT2D eigenvalue weighted by atomic mass is 10.2. The van der Waals surface area contributed by atoms with Crippen LogP contribution in [0, 0.1) is 5.92 Å². The molecule has 0 saturated heterocycles. The number of nitrogens with one attached hydrogen (secondary N) is 1. The largest absolute Gasteiger partial charge is 0.488 e. The molecule has 1 aromatic rings. The monoisotopic (exact) mass is 409 g/mol. The minimum atomic E-state index is -0.874. The fraction of sp³-hybridized carbons (Fsp3) is 0.571. The summed E-state index contributed by atoms with van der Waals surface area (Å²) in [6.45, 7) is 5.83. The van der Waals surface area contributed by atoms with E-state index in [1.807, 2.05) is 12.1 Å². The number of aliphatic hydroxyl groups excluding tert-OH is 2. The lowest BCUT2D eigenvalue weighted by molar-refractivity contribution is 0.0531. The Morgan fingerprint density at radius 3 is 2.35 bits per heavy atom. The van der Waals surface area contributed by atoms with Gasteiger partial charge in [-0.2, -0.15) is 0 Å². The van der Waals surface area contributed by atoms with Crippen LogP contribution in [0.4, 0.5) is 0 Å². The molecule has 20 heavy (non-hydrogen) atoms. The first-order chi connectivity index (χ1) is 9.43. The van der Waals surface area contributed by atoms with E-state index in [1.54, 1.807) is 0 Å². The van der Waals surface area contributed by atoms with Gasteiger partial charge >= 0.3 is 0 Å². The van der Waals surface area contributed by atoms with Crippen molar-refractivity contribution < 1.29 is 14.9 Å². The van der Waals surface area contributed by atoms with Crippen molar-refractivity contribution in [1.82, 2.24) is 5.32 Å². The maximum atomic E-state index is 9.31. The molecule has 6 heteroatoms. The van der Waals surface area contributed by atoms with Gasteiger partial charge < -0.3 is 20.3 Å². The van der Waals surface area contributed by atoms with Gasteiger partial charge in [-0.15, -0.1) is 0 Å². The zero-order valence-electron chi connectivity index (χ0n) is 11.7. The lowest BCUT2D eigenvalue weighted by Crippen LogP contribution is -2.21. The summed E-state index contributed by atoms with van der Waals surface area (Å²) >= 11 is 6.93. The predicted molar refractivity (Wildman–Crippen MR) is 87.0 cm³/mol. The van der Waals surface area contributed by atoms with E-state index in [-0.39, 0.29) is 13.2 Å². The van der Waals surface area contributed by atoms with Crippen molar-refractivity contribution >= 4 is 31.9 Å². The number of hydrogen-bond donors (Lipinski definition) is 3. The Labute approximate surface area is 136 Å². The van der Waals surface area contributed by atoms with E-state index in [9.17, 15) is 5.11 Å². The van der Waals surface area contributed by atoms with Gasteiger partial charge in [-0.25, -0.2) is 0 Å². The molecule has 4 nitrogen and oxygen atoms in total. The van der Waals surface area contributed by atoms with Gasteiger partial charge in [0, 0.05) is 6.54 Å². The van der Waals surface area contributed by atoms with Crippen LogP contribution >= 0.6 is 31.9 Å². The molecule has 0 aliphatic heterocycles. The molecular weight excluding hydrogens is 390 g/mol. The third-order valence-electron chi connectivity index (χ3n) is 2.57. The maximum absolute atomic E-state index is 9.31. The summed E-state index contributed by atoms with van der Waals surface area (Å²) in [7, 11) is 0. The Balaban J connectivity index is 2.66. The molecule has 3 N–H and O–H groups in total. The summed E-state index contributed by atoms with van der Waals surface area (Å²) in [6, 6.07) is 3.97. The van der Waals surface area contributed by atoms with Crippen LogP contribution in [0.25, 0.3) is 0 Å². The predicted octanol–water partition coefficient (Wildman–Crippen LogP) is 2.69. The van der Waals surface area contributed by atoms with E-state index in [0.717, 1.165) is 27.6 Å². The first kappa shape index (κ1) is 17.9. The summed E-state index contributed by atoms with van der Waals surface area (Å²) in [5, 5.41) is 21.5. The van der Waals surface area contributed by atoms with Crippen molar-refractivity contribution in [2.24, 2.45) is 5.92 Å². The number of aliphatic hydroxyl groups is 2. The smallest absolute Gasteiger partial charge is 0.147 e. The van der Waals surface area contributed by atoms with E-state index in [1.165, 1.54) is 0 Å². The van der Waals surface area contributed by atoms with E-state index < -0.39 is 6.10 Å². The number of hydrogen-bond acceptors (Lipinski definition) is 4. The van der Waals surface area contributed by atoms with E-state index in [0.29, 0.717) is 11.7 Å². The van der Waals surface area contributed by atoms with Crippen molar-refractivity contribution in [2.45, 2.75) is 26.5 Å². The quantitative estimate of drug-likeness (QED) is 0.616. The molecule has 0 amide bonds. The molecule has 1 rings (SSSR count). The van der Waals surface area contributed by atoms with Crippen LogP contribution in [0.15, 0.2) is 21.1 Å². The van der Waals surface area contributed by atoms with Crippen molar-refractivity contribution in [3.63, 3.8) is 0 Å². The molecule has 1 atom stereocenters. The van der Waals surface area contributed by atoms with Gasteiger partial charge in [0.1, 0.15) is 18.5 Å². The Morgan fingerprint density at radius 2 is 1.85 bits per heavy atom. The van der Waals surface area contributed by atoms with E-state index >= 15 is 0 Å². The van der Waals surface area contributed by atoms with Crippen LogP contribution in [-0.2, 0) is 6.54 Å². The molecule has 1 unspecified atom stereocenters. The van der Waals surface area contributed by atoms with Gasteiger partial charge in [-0.3, -0.25) is 0 Å². The minimum Gasteiger partial charge on any atom is -0.488 e. The zero-order chi connectivity index (χ0) is 15.1. The Kier molecular flexibility index (Phi) is 8.06. The second-order valence-electron chi connectivity index (χ2n) is 5.06. The summed E-state index contributed by atoms with van der Waals surface area (Å²) in [5.41, 5.74) is 1.14. The highest BCUT2D eigenvalue weighted by Gasteiger charge is 2.11. The van der Waals surface area contributed by atoms with Crippen molar-refractivity contribution in [3.05, 3.63) is 26.6 Å². The van der Waals surface area contributed by atoms with Crippen LogP contribution in [0.1, 0.15) is 19.4 Å². The van der Waals surface area contributed by atoms with Gasteiger partial charge in [0.25, 0.3) is 0 Å². The average Bonchev–Trinajstić information content (AvgIpc) is 2.37. The molecule has 0 saturated carbocycles. The normalized spacial score (nSPS) is 12.8. The Hall–Kier alpha value is -0.140. The van der Waals surface area contributed by atoms with Crippen molar-refractivity contribution in [2.75, 3.05) is 19.8 Å². The maximum Gasteiger partial charge on any atom is 0.147 e. The number of benzene rings is 1. The molecular formula is C14H21Br2NO3. The van der Waals surface area contributed by atoms with Crippen molar-refractivity contribution in [3.8, 4) is 5.75 Å². The summed E-state index contributed by atoms with van der Waals surface area (Å²) in [5.74, 6) is 1.24. The fourth-order valence-corrected chi connectivity index (χ4v) is 3.10. The van der Waals surface area contributed by atoms with Gasteiger partial charge in [0.15, 0.2) is 0 Å². The number of halogens is 2. The van der Waals surface area contributed by atoms with Crippen molar-refractivity contribution in [1.29, 1.82) is 0 Å². The minimum absolute atomic E-state index is 0.0542. The lowest BCUT2D eigenvalue weighted by Gasteiger charge is -2.15. The standard InChI is InChI=1S/C14H21Br2NO3/c1-9(2)5-17-6-10-3-12(15)14(13(16)4-10)20-8-11(19)7-18/h3-4,9,11,17-19H,5-8H2,1-2H3. The summed E-state index contributed by atoms with van der Waals surface area (Å²) in [4.78, 5) is 0. The van der Waals surface area contributed by atoms with E-state index in [2.05, 4.69) is 51.0 Å².